The van der Waals surface area contributed by atoms with Gasteiger partial charge in [0.25, 0.3) is 0 Å². The molecular weight excluding hydrogens is 198 g/mol. The first-order chi connectivity index (χ1) is 7.17. The van der Waals surface area contributed by atoms with E-state index < -0.39 is 11.8 Å². The zero-order valence-electron chi connectivity index (χ0n) is 8.17. The third kappa shape index (κ3) is 3.19. The van der Waals surface area contributed by atoms with E-state index in [4.69, 9.17) is 15.6 Å². The highest BCUT2D eigenvalue weighted by Gasteiger charge is 2.03. The van der Waals surface area contributed by atoms with Crippen LogP contribution >= 0.6 is 0 Å². The van der Waals surface area contributed by atoms with Crippen LogP contribution in [0.25, 0.3) is 0 Å². The van der Waals surface area contributed by atoms with Crippen molar-refractivity contribution >= 4 is 5.82 Å². The van der Waals surface area contributed by atoms with E-state index in [2.05, 4.69) is 11.6 Å². The molecule has 0 saturated carbocycles. The van der Waals surface area contributed by atoms with Gasteiger partial charge in [-0.15, -0.1) is 6.58 Å². The molecule has 0 radical (unpaired) electrons. The Hall–Kier alpha value is -1.66. The fourth-order valence-corrected chi connectivity index (χ4v) is 0.912. The van der Waals surface area contributed by atoms with Crippen LogP contribution in [0.4, 0.5) is 5.82 Å². The number of hydrogen-bond acceptors (Lipinski definition) is 5. The monoisotopic (exact) mass is 211 g/mol. The number of aromatic nitrogens is 2. The minimum absolute atomic E-state index is 0.00333. The lowest BCUT2D eigenvalue weighted by Gasteiger charge is -2.11. The second kappa shape index (κ2) is 5.28. The first kappa shape index (κ1) is 11.4. The molecule has 0 spiro atoms. The van der Waals surface area contributed by atoms with E-state index in [1.807, 2.05) is 0 Å². The van der Waals surface area contributed by atoms with Gasteiger partial charge in [0.15, 0.2) is 0 Å². The molecule has 6 nitrogen and oxygen atoms in total. The second-order valence-corrected chi connectivity index (χ2v) is 2.86. The standard InChI is InChI=1S/C9H13N3O3/c1-2-7(5-13)15-6-12-4-3-8(10)11-9(12)14/h2-4,7,13H,1,5-6H2,(H2,10,11,14). The van der Waals surface area contributed by atoms with E-state index in [1.165, 1.54) is 22.9 Å². The highest BCUT2D eigenvalue weighted by molar-refractivity contribution is 5.23. The Balaban J connectivity index is 2.65. The van der Waals surface area contributed by atoms with E-state index >= 15 is 0 Å². The van der Waals surface area contributed by atoms with Crippen LogP contribution in [0.1, 0.15) is 0 Å². The van der Waals surface area contributed by atoms with E-state index in [1.54, 1.807) is 0 Å². The van der Waals surface area contributed by atoms with Gasteiger partial charge in [-0.1, -0.05) is 6.08 Å². The molecule has 0 aliphatic heterocycles. The molecule has 82 valence electrons. The van der Waals surface area contributed by atoms with Gasteiger partial charge in [0, 0.05) is 6.20 Å². The number of anilines is 1. The van der Waals surface area contributed by atoms with Gasteiger partial charge in [0.05, 0.1) is 6.61 Å². The van der Waals surface area contributed by atoms with Crippen LogP contribution in [0.15, 0.2) is 29.7 Å². The number of nitrogens with zero attached hydrogens (tertiary/aromatic N) is 2. The lowest BCUT2D eigenvalue weighted by Crippen LogP contribution is -2.26. The molecule has 1 heterocycles. The average molecular weight is 211 g/mol. The fraction of sp³-hybridized carbons (Fsp3) is 0.333. The highest BCUT2D eigenvalue weighted by Crippen LogP contribution is 1.95. The summed E-state index contributed by atoms with van der Waals surface area (Å²) in [6.07, 6.45) is 2.44. The molecule has 1 rings (SSSR count). The molecule has 0 aliphatic carbocycles. The third-order valence-corrected chi connectivity index (χ3v) is 1.77. The Kier molecular flexibility index (Phi) is 4.02. The maximum atomic E-state index is 11.2. The second-order valence-electron chi connectivity index (χ2n) is 2.86. The zero-order chi connectivity index (χ0) is 11.3. The molecule has 0 amide bonds. The number of nitrogen functional groups attached to an aromatic ring is 1. The van der Waals surface area contributed by atoms with E-state index in [0.29, 0.717) is 0 Å². The smallest absolute Gasteiger partial charge is 0.351 e. The van der Waals surface area contributed by atoms with Crippen molar-refractivity contribution in [1.82, 2.24) is 9.55 Å². The van der Waals surface area contributed by atoms with E-state index in [9.17, 15) is 4.79 Å². The number of hydrogen-bond donors (Lipinski definition) is 2. The van der Waals surface area contributed by atoms with E-state index in [-0.39, 0.29) is 19.2 Å². The van der Waals surface area contributed by atoms with Crippen LogP contribution in [0.3, 0.4) is 0 Å². The molecule has 0 aliphatic rings. The third-order valence-electron chi connectivity index (χ3n) is 1.77. The maximum Gasteiger partial charge on any atom is 0.351 e. The predicted octanol–water partition coefficient (Wildman–Crippen LogP) is -0.654. The predicted molar refractivity (Wildman–Crippen MR) is 55.1 cm³/mol. The summed E-state index contributed by atoms with van der Waals surface area (Å²) in [7, 11) is 0. The Morgan fingerprint density at radius 1 is 1.80 bits per heavy atom. The molecule has 0 saturated heterocycles. The first-order valence-corrected chi connectivity index (χ1v) is 4.35. The van der Waals surface area contributed by atoms with Crippen molar-refractivity contribution in [3.63, 3.8) is 0 Å². The Morgan fingerprint density at radius 2 is 2.53 bits per heavy atom. The lowest BCUT2D eigenvalue weighted by atomic mass is 10.4. The van der Waals surface area contributed by atoms with Crippen molar-refractivity contribution in [2.45, 2.75) is 12.8 Å². The van der Waals surface area contributed by atoms with Gasteiger partial charge in [0.1, 0.15) is 18.7 Å². The molecule has 1 atom stereocenters. The van der Waals surface area contributed by atoms with Gasteiger partial charge >= 0.3 is 5.69 Å². The molecule has 1 aromatic rings. The quantitative estimate of drug-likeness (QED) is 0.631. The summed E-state index contributed by atoms with van der Waals surface area (Å²) in [5.41, 5.74) is 4.82. The number of ether oxygens (including phenoxy) is 1. The molecule has 6 heteroatoms. The molecule has 0 aromatic carbocycles. The van der Waals surface area contributed by atoms with E-state index in [0.717, 1.165) is 0 Å². The number of aliphatic hydroxyl groups excluding tert-OH is 1. The van der Waals surface area contributed by atoms with Gasteiger partial charge in [-0.2, -0.15) is 4.98 Å². The number of nitrogens with two attached hydrogens (primary N) is 1. The van der Waals surface area contributed by atoms with Crippen LogP contribution in [-0.2, 0) is 11.5 Å². The van der Waals surface area contributed by atoms with Gasteiger partial charge in [-0.25, -0.2) is 4.79 Å². The zero-order valence-corrected chi connectivity index (χ0v) is 8.17. The number of rotatable bonds is 5. The van der Waals surface area contributed by atoms with Gasteiger partial charge in [0.2, 0.25) is 0 Å². The lowest BCUT2D eigenvalue weighted by molar-refractivity contribution is 0.00146. The summed E-state index contributed by atoms with van der Waals surface area (Å²) < 4.78 is 6.40. The van der Waals surface area contributed by atoms with Crippen LogP contribution in [-0.4, -0.2) is 27.4 Å². The molecule has 3 N–H and O–H groups in total. The van der Waals surface area contributed by atoms with Gasteiger partial charge in [-0.05, 0) is 6.07 Å². The van der Waals surface area contributed by atoms with Crippen LogP contribution < -0.4 is 11.4 Å². The summed E-state index contributed by atoms with van der Waals surface area (Å²) in [4.78, 5) is 14.8. The molecule has 0 bridgehead atoms. The average Bonchev–Trinajstić information content (AvgIpc) is 2.22. The number of aliphatic hydroxyl groups is 1. The summed E-state index contributed by atoms with van der Waals surface area (Å²) in [6, 6.07) is 1.49. The molecular formula is C9H13N3O3. The minimum Gasteiger partial charge on any atom is -0.393 e. The Morgan fingerprint density at radius 3 is 3.07 bits per heavy atom. The summed E-state index contributed by atoms with van der Waals surface area (Å²) in [5, 5.41) is 8.80. The Bertz CT molecular complexity index is 388. The maximum absolute atomic E-state index is 11.2. The van der Waals surface area contributed by atoms with Crippen LogP contribution in [0.5, 0.6) is 0 Å². The van der Waals surface area contributed by atoms with Crippen molar-refractivity contribution in [2.24, 2.45) is 0 Å². The van der Waals surface area contributed by atoms with Gasteiger partial charge < -0.3 is 15.6 Å². The topological polar surface area (TPSA) is 90.4 Å². The summed E-state index contributed by atoms with van der Waals surface area (Å²) >= 11 is 0. The first-order valence-electron chi connectivity index (χ1n) is 4.35. The molecule has 15 heavy (non-hydrogen) atoms. The fourth-order valence-electron chi connectivity index (χ4n) is 0.912. The normalized spacial score (nSPS) is 12.3. The van der Waals surface area contributed by atoms with Crippen LogP contribution in [0.2, 0.25) is 0 Å². The van der Waals surface area contributed by atoms with Crippen molar-refractivity contribution < 1.29 is 9.84 Å². The highest BCUT2D eigenvalue weighted by atomic mass is 16.5. The van der Waals surface area contributed by atoms with Gasteiger partial charge in [-0.3, -0.25) is 4.57 Å². The minimum atomic E-state index is -0.491. The summed E-state index contributed by atoms with van der Waals surface area (Å²) in [6.45, 7) is 3.30. The van der Waals surface area contributed by atoms with Crippen molar-refractivity contribution in [1.29, 1.82) is 0 Å². The molecule has 1 unspecified atom stereocenters. The van der Waals surface area contributed by atoms with Crippen molar-refractivity contribution in [2.75, 3.05) is 12.3 Å². The van der Waals surface area contributed by atoms with Crippen molar-refractivity contribution in [3.05, 3.63) is 35.4 Å². The largest absolute Gasteiger partial charge is 0.393 e. The molecule has 1 aromatic heterocycles. The SMILES string of the molecule is C=CC(CO)OCn1ccc(N)nc1=O. The van der Waals surface area contributed by atoms with Crippen molar-refractivity contribution in [3.8, 4) is 0 Å². The van der Waals surface area contributed by atoms with Crippen LogP contribution in [0, 0.1) is 0 Å². The summed E-state index contributed by atoms with van der Waals surface area (Å²) in [5.74, 6) is 0.165. The Labute approximate surface area is 86.6 Å². The molecule has 0 fully saturated rings.